The number of fused-ring (bicyclic) bond motifs is 1. The number of H-pyrrole nitrogens is 1. The molecule has 0 saturated carbocycles. The maximum Gasteiger partial charge on any atom is 0.257 e. The molecule has 1 aliphatic rings. The molecule has 1 aromatic heterocycles. The maximum absolute atomic E-state index is 12.5. The fraction of sp³-hybridized carbons (Fsp3) is 0.235. The van der Waals surface area contributed by atoms with Crippen LogP contribution in [0.15, 0.2) is 39.1 Å². The molecule has 1 aliphatic heterocycles. The second kappa shape index (κ2) is 7.16. The first kappa shape index (κ1) is 16.7. The summed E-state index contributed by atoms with van der Waals surface area (Å²) in [6.07, 6.45) is 7.47. The molecule has 3 rings (SSSR count). The number of nitrogens with one attached hydrogen (secondary N) is 2. The highest BCUT2D eigenvalue weighted by Gasteiger charge is 2.30. The van der Waals surface area contributed by atoms with E-state index >= 15 is 0 Å². The zero-order chi connectivity index (χ0) is 17.1. The van der Waals surface area contributed by atoms with Crippen LogP contribution >= 0.6 is 23.5 Å². The summed E-state index contributed by atoms with van der Waals surface area (Å²) in [5.74, 6) is 2.76. The van der Waals surface area contributed by atoms with Gasteiger partial charge >= 0.3 is 0 Å². The van der Waals surface area contributed by atoms with Gasteiger partial charge in [0.25, 0.3) is 5.56 Å². The van der Waals surface area contributed by atoms with Crippen molar-refractivity contribution in [1.82, 2.24) is 9.97 Å². The molecule has 7 heteroatoms. The monoisotopic (exact) mass is 357 g/mol. The summed E-state index contributed by atoms with van der Waals surface area (Å²) in [6, 6.07) is 7.90. The average molecular weight is 357 g/mol. The number of carbonyl (C=O) groups is 1. The Bertz CT molecular complexity index is 869. The van der Waals surface area contributed by atoms with E-state index in [1.807, 2.05) is 30.5 Å². The largest absolute Gasteiger partial charge is 0.310 e. The number of thioether (sulfide) groups is 2. The van der Waals surface area contributed by atoms with Gasteiger partial charge in [-0.25, -0.2) is 4.98 Å². The van der Waals surface area contributed by atoms with E-state index < -0.39 is 0 Å². The van der Waals surface area contributed by atoms with Crippen LogP contribution in [0.2, 0.25) is 0 Å². The fourth-order valence-corrected chi connectivity index (χ4v) is 3.60. The highest BCUT2D eigenvalue weighted by Crippen LogP contribution is 2.34. The van der Waals surface area contributed by atoms with Crippen LogP contribution in [-0.2, 0) is 4.79 Å². The van der Waals surface area contributed by atoms with Gasteiger partial charge in [-0.15, -0.1) is 18.2 Å². The molecule has 1 aromatic carbocycles. The zero-order valence-electron chi connectivity index (χ0n) is 13.0. The van der Waals surface area contributed by atoms with Crippen molar-refractivity contribution in [2.45, 2.75) is 22.4 Å². The molecule has 5 nitrogen and oxygen atoms in total. The molecule has 122 valence electrons. The lowest BCUT2D eigenvalue weighted by Gasteiger charge is -2.24. The number of anilines is 1. The van der Waals surface area contributed by atoms with E-state index in [1.165, 1.54) is 11.8 Å². The molecule has 0 aliphatic carbocycles. The van der Waals surface area contributed by atoms with Gasteiger partial charge in [-0.1, -0.05) is 29.8 Å². The Balaban J connectivity index is 2.04. The van der Waals surface area contributed by atoms with Crippen LogP contribution < -0.4 is 10.9 Å². The van der Waals surface area contributed by atoms with Gasteiger partial charge in [-0.2, -0.15) is 0 Å². The topological polar surface area (TPSA) is 74.8 Å². The third-order valence-electron chi connectivity index (χ3n) is 3.74. The summed E-state index contributed by atoms with van der Waals surface area (Å²) in [7, 11) is 0. The van der Waals surface area contributed by atoms with Crippen molar-refractivity contribution < 1.29 is 4.79 Å². The molecule has 2 heterocycles. The molecular formula is C17H15N3O2S2. The first-order valence-corrected chi connectivity index (χ1v) is 9.47. The SMILES string of the molecule is C#CCSc1nc2c(c(=O)[nH]1)[C@@H](c1ccc(SC)cc1)CC(=O)N2. The number of carbonyl (C=O) groups excluding carboxylic acids is 1. The van der Waals surface area contributed by atoms with Crippen molar-refractivity contribution in [2.75, 3.05) is 17.3 Å². The van der Waals surface area contributed by atoms with Crippen LogP contribution in [0, 0.1) is 12.3 Å². The van der Waals surface area contributed by atoms with Crippen LogP contribution in [0.4, 0.5) is 5.82 Å². The van der Waals surface area contributed by atoms with Crippen molar-refractivity contribution >= 4 is 35.2 Å². The minimum Gasteiger partial charge on any atom is -0.310 e. The number of hydrogen-bond acceptors (Lipinski definition) is 5. The number of hydrogen-bond donors (Lipinski definition) is 2. The quantitative estimate of drug-likeness (QED) is 0.500. The molecule has 24 heavy (non-hydrogen) atoms. The van der Waals surface area contributed by atoms with Gasteiger partial charge in [0.05, 0.1) is 11.3 Å². The molecule has 0 fully saturated rings. The average Bonchev–Trinajstić information content (AvgIpc) is 2.59. The Morgan fingerprint density at radius 1 is 1.33 bits per heavy atom. The Labute approximate surface area is 148 Å². The van der Waals surface area contributed by atoms with Crippen molar-refractivity contribution in [1.29, 1.82) is 0 Å². The number of nitrogens with zero attached hydrogens (tertiary/aromatic N) is 1. The van der Waals surface area contributed by atoms with Crippen LogP contribution in [0.25, 0.3) is 0 Å². The van der Waals surface area contributed by atoms with Crippen molar-refractivity contribution in [3.63, 3.8) is 0 Å². The second-order valence-corrected chi connectivity index (χ2v) is 7.05. The van der Waals surface area contributed by atoms with Crippen LogP contribution in [0.3, 0.4) is 0 Å². The van der Waals surface area contributed by atoms with Crippen molar-refractivity contribution in [2.24, 2.45) is 0 Å². The second-order valence-electron chi connectivity index (χ2n) is 5.20. The summed E-state index contributed by atoms with van der Waals surface area (Å²) >= 11 is 2.90. The Kier molecular flexibility index (Phi) is 4.97. The summed E-state index contributed by atoms with van der Waals surface area (Å²) in [4.78, 5) is 32.8. The summed E-state index contributed by atoms with van der Waals surface area (Å²) < 4.78 is 0. The highest BCUT2D eigenvalue weighted by molar-refractivity contribution is 7.99. The van der Waals surface area contributed by atoms with Crippen molar-refractivity contribution in [3.05, 3.63) is 45.7 Å². The van der Waals surface area contributed by atoms with Gasteiger partial charge in [-0.3, -0.25) is 9.59 Å². The van der Waals surface area contributed by atoms with E-state index in [2.05, 4.69) is 21.2 Å². The summed E-state index contributed by atoms with van der Waals surface area (Å²) in [5, 5.41) is 3.11. The Morgan fingerprint density at radius 2 is 2.08 bits per heavy atom. The molecule has 2 aromatic rings. The van der Waals surface area contributed by atoms with Gasteiger partial charge in [0, 0.05) is 17.2 Å². The highest BCUT2D eigenvalue weighted by atomic mass is 32.2. The van der Waals surface area contributed by atoms with E-state index in [4.69, 9.17) is 6.42 Å². The molecule has 0 spiro atoms. The lowest BCUT2D eigenvalue weighted by Crippen LogP contribution is -2.31. The fourth-order valence-electron chi connectivity index (χ4n) is 2.65. The number of aromatic nitrogens is 2. The first-order chi connectivity index (χ1) is 11.6. The van der Waals surface area contributed by atoms with Gasteiger partial charge < -0.3 is 10.3 Å². The van der Waals surface area contributed by atoms with E-state index in [-0.39, 0.29) is 23.8 Å². The number of terminal acetylenes is 1. The predicted octanol–water partition coefficient (Wildman–Crippen LogP) is 2.69. The summed E-state index contributed by atoms with van der Waals surface area (Å²) in [6.45, 7) is 0. The molecule has 2 N–H and O–H groups in total. The maximum atomic E-state index is 12.5. The molecule has 1 atom stereocenters. The lowest BCUT2D eigenvalue weighted by molar-refractivity contribution is -0.116. The molecule has 0 saturated heterocycles. The minimum atomic E-state index is -0.299. The van der Waals surface area contributed by atoms with Gasteiger partial charge in [0.15, 0.2) is 5.16 Å². The number of amides is 1. The Morgan fingerprint density at radius 3 is 2.75 bits per heavy atom. The molecular weight excluding hydrogens is 342 g/mol. The Hall–Kier alpha value is -2.17. The first-order valence-electron chi connectivity index (χ1n) is 7.26. The van der Waals surface area contributed by atoms with E-state index in [0.717, 1.165) is 10.5 Å². The van der Waals surface area contributed by atoms with E-state index in [0.29, 0.717) is 22.3 Å². The summed E-state index contributed by atoms with van der Waals surface area (Å²) in [5.41, 5.74) is 1.19. The van der Waals surface area contributed by atoms with Crippen molar-refractivity contribution in [3.8, 4) is 12.3 Å². The smallest absolute Gasteiger partial charge is 0.257 e. The molecule has 1 amide bonds. The minimum absolute atomic E-state index is 0.146. The van der Waals surface area contributed by atoms with E-state index in [1.54, 1.807) is 11.8 Å². The van der Waals surface area contributed by atoms with Crippen LogP contribution in [0.1, 0.15) is 23.5 Å². The number of rotatable bonds is 4. The third-order valence-corrected chi connectivity index (χ3v) is 5.26. The molecule has 0 bridgehead atoms. The van der Waals surface area contributed by atoms with E-state index in [9.17, 15) is 9.59 Å². The van der Waals surface area contributed by atoms with Gasteiger partial charge in [0.2, 0.25) is 5.91 Å². The van der Waals surface area contributed by atoms with Gasteiger partial charge in [-0.05, 0) is 24.0 Å². The number of aromatic amines is 1. The zero-order valence-corrected chi connectivity index (χ0v) is 14.6. The predicted molar refractivity (Wildman–Crippen MR) is 97.7 cm³/mol. The third kappa shape index (κ3) is 3.35. The molecule has 0 radical (unpaired) electrons. The standard InChI is InChI=1S/C17H15N3O2S2/c1-3-8-24-17-19-15-14(16(22)20-17)12(9-13(21)18-15)10-4-6-11(23-2)7-5-10/h1,4-7,12H,8-9H2,2H3,(H2,18,19,20,21,22)/t12-/m1/s1. The van der Waals surface area contributed by atoms with Crippen LogP contribution in [-0.4, -0.2) is 27.9 Å². The normalized spacial score (nSPS) is 16.2. The van der Waals surface area contributed by atoms with Crippen LogP contribution in [0.5, 0.6) is 0 Å². The molecule has 0 unspecified atom stereocenters. The lowest BCUT2D eigenvalue weighted by atomic mass is 9.87. The number of benzene rings is 1. The van der Waals surface area contributed by atoms with Gasteiger partial charge in [0.1, 0.15) is 5.82 Å².